The first-order valence-electron chi connectivity index (χ1n) is 10.2. The molecule has 0 fully saturated rings. The van der Waals surface area contributed by atoms with Gasteiger partial charge in [0.1, 0.15) is 0 Å². The van der Waals surface area contributed by atoms with Crippen molar-refractivity contribution in [3.8, 4) is 0 Å². The number of allylic oxidation sites excluding steroid dienone is 1. The Morgan fingerprint density at radius 1 is 1.00 bits per heavy atom. The highest BCUT2D eigenvalue weighted by atomic mass is 16.5. The molecule has 5 heteroatoms. The first-order valence-corrected chi connectivity index (χ1v) is 10.2. The van der Waals surface area contributed by atoms with E-state index in [9.17, 15) is 14.4 Å². The molecule has 0 N–H and O–H groups in total. The molecule has 27 heavy (non-hydrogen) atoms. The third kappa shape index (κ3) is 10.9. The van der Waals surface area contributed by atoms with Gasteiger partial charge in [0.05, 0.1) is 24.5 Å². The lowest BCUT2D eigenvalue weighted by molar-refractivity contribution is -0.153. The van der Waals surface area contributed by atoms with Crippen LogP contribution in [0, 0.1) is 17.3 Å². The first-order chi connectivity index (χ1) is 12.6. The minimum absolute atomic E-state index is 0.0609. The molecule has 0 rings (SSSR count). The van der Waals surface area contributed by atoms with Crippen molar-refractivity contribution in [1.29, 1.82) is 0 Å². The monoisotopic (exact) mass is 382 g/mol. The first kappa shape index (κ1) is 25.4. The maximum Gasteiger partial charge on any atom is 0.311 e. The molecule has 156 valence electrons. The quantitative estimate of drug-likeness (QED) is 0.258. The Hall–Kier alpha value is -1.65. The molecule has 0 radical (unpaired) electrons. The Balaban J connectivity index is 4.67. The van der Waals surface area contributed by atoms with Gasteiger partial charge in [0.15, 0.2) is 5.78 Å². The van der Waals surface area contributed by atoms with Crippen LogP contribution < -0.4 is 0 Å². The Labute approximate surface area is 164 Å². The van der Waals surface area contributed by atoms with Crippen LogP contribution in [0.5, 0.6) is 0 Å². The van der Waals surface area contributed by atoms with Gasteiger partial charge in [-0.15, -0.1) is 0 Å². The molecule has 0 aromatic carbocycles. The Bertz CT molecular complexity index is 487. The van der Waals surface area contributed by atoms with Crippen LogP contribution in [0.1, 0.15) is 80.1 Å². The number of unbranched alkanes of at least 4 members (excludes halogenated alkanes) is 3. The van der Waals surface area contributed by atoms with Crippen molar-refractivity contribution < 1.29 is 23.9 Å². The van der Waals surface area contributed by atoms with E-state index in [0.717, 1.165) is 25.7 Å². The number of esters is 2. The summed E-state index contributed by atoms with van der Waals surface area (Å²) in [6.07, 6.45) is 8.63. The van der Waals surface area contributed by atoms with E-state index in [2.05, 4.69) is 6.92 Å². The molecule has 0 aromatic heterocycles. The van der Waals surface area contributed by atoms with Gasteiger partial charge < -0.3 is 9.47 Å². The highest BCUT2D eigenvalue weighted by molar-refractivity contribution is 5.94. The van der Waals surface area contributed by atoms with Gasteiger partial charge >= 0.3 is 11.9 Å². The summed E-state index contributed by atoms with van der Waals surface area (Å²) >= 11 is 0. The number of hydrogen-bond donors (Lipinski definition) is 0. The molecule has 0 aliphatic heterocycles. The van der Waals surface area contributed by atoms with Crippen LogP contribution in [0.15, 0.2) is 12.2 Å². The fourth-order valence-corrected chi connectivity index (χ4v) is 2.63. The minimum atomic E-state index is -0.530. The van der Waals surface area contributed by atoms with Crippen LogP contribution in [0.4, 0.5) is 0 Å². The van der Waals surface area contributed by atoms with E-state index in [1.165, 1.54) is 6.08 Å². The standard InChI is InChI=1S/C22H38O5/c1-7-9-10-11-14-18(17(3)20(24)26-8-2)19(23)15-12-13-16-27-21(25)22(4,5)6/h12,15,17-18H,7-11,13-14,16H2,1-6H3/b15-12+. The lowest BCUT2D eigenvalue weighted by atomic mass is 9.85. The van der Waals surface area contributed by atoms with Crippen molar-refractivity contribution in [3.63, 3.8) is 0 Å². The normalized spacial score (nSPS) is 14.0. The van der Waals surface area contributed by atoms with Crippen molar-refractivity contribution >= 4 is 17.7 Å². The zero-order chi connectivity index (χ0) is 20.9. The maximum atomic E-state index is 12.6. The zero-order valence-electron chi connectivity index (χ0n) is 18.0. The summed E-state index contributed by atoms with van der Waals surface area (Å²) in [6, 6.07) is 0. The van der Waals surface area contributed by atoms with Crippen LogP contribution in [0.25, 0.3) is 0 Å². The molecule has 0 aliphatic rings. The summed E-state index contributed by atoms with van der Waals surface area (Å²) in [5.41, 5.74) is -0.530. The Kier molecular flexibility index (Phi) is 12.7. The van der Waals surface area contributed by atoms with Gasteiger partial charge in [0, 0.05) is 5.92 Å². The van der Waals surface area contributed by atoms with Crippen LogP contribution in [-0.2, 0) is 23.9 Å². The van der Waals surface area contributed by atoms with Crippen molar-refractivity contribution in [1.82, 2.24) is 0 Å². The molecule has 0 aromatic rings. The number of rotatable bonds is 13. The predicted octanol–water partition coefficient (Wildman–Crippen LogP) is 4.88. The third-order valence-corrected chi connectivity index (χ3v) is 4.41. The van der Waals surface area contributed by atoms with Crippen LogP contribution in [-0.4, -0.2) is 30.9 Å². The minimum Gasteiger partial charge on any atom is -0.466 e. The second-order valence-corrected chi connectivity index (χ2v) is 7.98. The molecule has 0 amide bonds. The van der Waals surface area contributed by atoms with E-state index < -0.39 is 11.3 Å². The van der Waals surface area contributed by atoms with E-state index in [1.807, 2.05) is 0 Å². The number of ether oxygens (including phenoxy) is 2. The van der Waals surface area contributed by atoms with Crippen LogP contribution >= 0.6 is 0 Å². The van der Waals surface area contributed by atoms with Gasteiger partial charge in [0.25, 0.3) is 0 Å². The van der Waals surface area contributed by atoms with Crippen molar-refractivity contribution in [2.45, 2.75) is 80.1 Å². The molecule has 2 atom stereocenters. The molecule has 0 bridgehead atoms. The SMILES string of the molecule is CCCCCCC(C(=O)/C=C/CCOC(=O)C(C)(C)C)C(C)C(=O)OCC. The molecule has 2 unspecified atom stereocenters. The molecule has 0 saturated heterocycles. The van der Waals surface area contributed by atoms with Crippen molar-refractivity contribution in [2.24, 2.45) is 17.3 Å². The lowest BCUT2D eigenvalue weighted by Gasteiger charge is -2.20. The fourth-order valence-electron chi connectivity index (χ4n) is 2.63. The average molecular weight is 383 g/mol. The van der Waals surface area contributed by atoms with Gasteiger partial charge in [-0.2, -0.15) is 0 Å². The molecular weight excluding hydrogens is 344 g/mol. The largest absolute Gasteiger partial charge is 0.466 e. The molecule has 0 aliphatic carbocycles. The summed E-state index contributed by atoms with van der Waals surface area (Å²) in [5.74, 6) is -1.46. The van der Waals surface area contributed by atoms with Crippen molar-refractivity contribution in [3.05, 3.63) is 12.2 Å². The maximum absolute atomic E-state index is 12.6. The smallest absolute Gasteiger partial charge is 0.311 e. The number of carbonyl (C=O) groups is 3. The average Bonchev–Trinajstić information content (AvgIpc) is 2.60. The summed E-state index contributed by atoms with van der Waals surface area (Å²) < 4.78 is 10.3. The van der Waals surface area contributed by atoms with Crippen LogP contribution in [0.3, 0.4) is 0 Å². The van der Waals surface area contributed by atoms with E-state index in [0.29, 0.717) is 19.4 Å². The lowest BCUT2D eigenvalue weighted by Crippen LogP contribution is -2.28. The second-order valence-electron chi connectivity index (χ2n) is 7.98. The molecule has 5 nitrogen and oxygen atoms in total. The van der Waals surface area contributed by atoms with Crippen LogP contribution in [0.2, 0.25) is 0 Å². The number of ketones is 1. The molecule has 0 saturated carbocycles. The molecule has 0 heterocycles. The van der Waals surface area contributed by atoms with Gasteiger partial charge in [-0.05, 0) is 46.6 Å². The highest BCUT2D eigenvalue weighted by Crippen LogP contribution is 2.23. The summed E-state index contributed by atoms with van der Waals surface area (Å²) in [6.45, 7) is 11.6. The molecule has 0 spiro atoms. The summed E-state index contributed by atoms with van der Waals surface area (Å²) in [7, 11) is 0. The van der Waals surface area contributed by atoms with Gasteiger partial charge in [-0.1, -0.05) is 45.6 Å². The summed E-state index contributed by atoms with van der Waals surface area (Å²) in [4.78, 5) is 36.4. The highest BCUT2D eigenvalue weighted by Gasteiger charge is 2.29. The Morgan fingerprint density at radius 3 is 2.22 bits per heavy atom. The fraction of sp³-hybridized carbons (Fsp3) is 0.773. The van der Waals surface area contributed by atoms with Crippen molar-refractivity contribution in [2.75, 3.05) is 13.2 Å². The number of hydrogen-bond acceptors (Lipinski definition) is 5. The Morgan fingerprint density at radius 2 is 1.67 bits per heavy atom. The van der Waals surface area contributed by atoms with Gasteiger partial charge in [0.2, 0.25) is 0 Å². The van der Waals surface area contributed by atoms with Gasteiger partial charge in [-0.25, -0.2) is 0 Å². The van der Waals surface area contributed by atoms with E-state index in [1.54, 1.807) is 40.7 Å². The van der Waals surface area contributed by atoms with Gasteiger partial charge in [-0.3, -0.25) is 14.4 Å². The van der Waals surface area contributed by atoms with E-state index in [4.69, 9.17) is 9.47 Å². The summed E-state index contributed by atoms with van der Waals surface area (Å²) in [5, 5.41) is 0. The van der Waals surface area contributed by atoms with E-state index in [-0.39, 0.29) is 30.2 Å². The predicted molar refractivity (Wildman–Crippen MR) is 107 cm³/mol. The third-order valence-electron chi connectivity index (χ3n) is 4.41. The zero-order valence-corrected chi connectivity index (χ0v) is 18.0. The van der Waals surface area contributed by atoms with E-state index >= 15 is 0 Å². The number of carbonyl (C=O) groups excluding carboxylic acids is 3. The molecular formula is C22H38O5. The second kappa shape index (κ2) is 13.5. The topological polar surface area (TPSA) is 69.7 Å².